The predicted octanol–water partition coefficient (Wildman–Crippen LogP) is 3.88. The van der Waals surface area contributed by atoms with E-state index in [0.717, 1.165) is 0 Å². The molecule has 1 aromatic heterocycles. The van der Waals surface area contributed by atoms with E-state index in [1.54, 1.807) is 13.0 Å². The van der Waals surface area contributed by atoms with Crippen molar-refractivity contribution in [2.45, 2.75) is 32.2 Å². The van der Waals surface area contributed by atoms with Crippen molar-refractivity contribution in [3.63, 3.8) is 0 Å². The van der Waals surface area contributed by atoms with Gasteiger partial charge in [0.25, 0.3) is 11.9 Å². The molecular formula is C22H21F2N5O2. The summed E-state index contributed by atoms with van der Waals surface area (Å²) in [5.41, 5.74) is 5.81. The van der Waals surface area contributed by atoms with Gasteiger partial charge in [-0.05, 0) is 48.7 Å². The number of allylic oxidation sites excluding steroid dienone is 1. The Hall–Kier alpha value is -3.80. The second kappa shape index (κ2) is 8.52. The van der Waals surface area contributed by atoms with Gasteiger partial charge in [-0.15, -0.1) is 0 Å². The van der Waals surface area contributed by atoms with Crippen LogP contribution in [0.3, 0.4) is 0 Å². The van der Waals surface area contributed by atoms with Crippen molar-refractivity contribution < 1.29 is 18.3 Å². The Morgan fingerprint density at radius 1 is 1.39 bits per heavy atom. The largest absolute Gasteiger partial charge is 0.428 e. The maximum atomic E-state index is 14.6. The topological polar surface area (TPSA) is 113 Å². The molecule has 0 saturated carbocycles. The van der Waals surface area contributed by atoms with Crippen LogP contribution in [-0.4, -0.2) is 23.6 Å². The zero-order valence-electron chi connectivity index (χ0n) is 17.2. The zero-order chi connectivity index (χ0) is 22.8. The van der Waals surface area contributed by atoms with E-state index in [1.807, 2.05) is 19.9 Å². The summed E-state index contributed by atoms with van der Waals surface area (Å²) >= 11 is 0. The first-order valence-corrected chi connectivity index (χ1v) is 9.49. The van der Waals surface area contributed by atoms with Crippen LogP contribution in [0.4, 0.5) is 14.5 Å². The molecule has 1 atom stereocenters. The lowest BCUT2D eigenvalue weighted by Gasteiger charge is -2.28. The predicted molar refractivity (Wildman–Crippen MR) is 112 cm³/mol. The number of amidine groups is 1. The van der Waals surface area contributed by atoms with Crippen LogP contribution in [0.2, 0.25) is 0 Å². The number of aliphatic imine (C=N–C) groups is 1. The lowest BCUT2D eigenvalue weighted by molar-refractivity contribution is 0.102. The highest BCUT2D eigenvalue weighted by Crippen LogP contribution is 2.35. The summed E-state index contributed by atoms with van der Waals surface area (Å²) in [5.74, 6) is -1.24. The van der Waals surface area contributed by atoms with Gasteiger partial charge in [0, 0.05) is 17.4 Å². The molecule has 160 valence electrons. The Morgan fingerprint density at radius 2 is 2.13 bits per heavy atom. The van der Waals surface area contributed by atoms with Crippen LogP contribution >= 0.6 is 0 Å². The summed E-state index contributed by atoms with van der Waals surface area (Å²) in [6.45, 7) is 4.40. The fraction of sp³-hybridized carbons (Fsp3) is 0.273. The number of hydrogen-bond acceptors (Lipinski definition) is 6. The number of pyridine rings is 1. The molecule has 0 unspecified atom stereocenters. The third-order valence-corrected chi connectivity index (χ3v) is 4.80. The highest BCUT2D eigenvalue weighted by molar-refractivity contribution is 6.04. The van der Waals surface area contributed by atoms with Crippen LogP contribution in [0.5, 0.6) is 0 Å². The first-order chi connectivity index (χ1) is 14.7. The van der Waals surface area contributed by atoms with Crippen molar-refractivity contribution in [2.24, 2.45) is 10.7 Å². The smallest absolute Gasteiger partial charge is 0.288 e. The Balaban J connectivity index is 1.97. The summed E-state index contributed by atoms with van der Waals surface area (Å²) < 4.78 is 32.8. The summed E-state index contributed by atoms with van der Waals surface area (Å²) in [5, 5.41) is 11.8. The number of nitrogens with two attached hydrogens (primary N) is 1. The minimum absolute atomic E-state index is 0.0481. The van der Waals surface area contributed by atoms with Crippen molar-refractivity contribution in [3.8, 4) is 6.07 Å². The van der Waals surface area contributed by atoms with E-state index in [4.69, 9.17) is 15.7 Å². The Kier molecular flexibility index (Phi) is 6.02. The van der Waals surface area contributed by atoms with Crippen LogP contribution in [-0.2, 0) is 10.3 Å². The number of halogens is 2. The average molecular weight is 425 g/mol. The van der Waals surface area contributed by atoms with Crippen LogP contribution < -0.4 is 11.1 Å². The Labute approximate surface area is 178 Å². The van der Waals surface area contributed by atoms with Gasteiger partial charge in [0.2, 0.25) is 0 Å². The third-order valence-electron chi connectivity index (χ3n) is 4.80. The quantitative estimate of drug-likeness (QED) is 0.755. The number of nitrogens with one attached hydrogen (secondary N) is 1. The molecule has 0 saturated heterocycles. The number of anilines is 1. The first-order valence-electron chi connectivity index (χ1n) is 9.49. The van der Waals surface area contributed by atoms with Crippen LogP contribution in [0, 0.1) is 17.1 Å². The first kappa shape index (κ1) is 21.9. The van der Waals surface area contributed by atoms with E-state index in [2.05, 4.69) is 15.3 Å². The number of hydrogen-bond donors (Lipinski definition) is 2. The van der Waals surface area contributed by atoms with E-state index in [9.17, 15) is 13.6 Å². The summed E-state index contributed by atoms with van der Waals surface area (Å²) in [7, 11) is 0. The SMILES string of the molecule is CC(C)c1cc(C#N)cnc1C(=O)Nc1ccc(F)c([C@]2(C)C=C(CF)OC(N)=N2)c1. The van der Waals surface area contributed by atoms with E-state index >= 15 is 0 Å². The molecule has 2 heterocycles. The molecule has 0 radical (unpaired) electrons. The highest BCUT2D eigenvalue weighted by atomic mass is 19.1. The molecule has 0 aliphatic carbocycles. The van der Waals surface area contributed by atoms with Gasteiger partial charge < -0.3 is 15.8 Å². The van der Waals surface area contributed by atoms with Gasteiger partial charge in [-0.1, -0.05) is 13.8 Å². The molecule has 7 nitrogen and oxygen atoms in total. The molecule has 3 N–H and O–H groups in total. The number of carbonyl (C=O) groups excluding carboxylic acids is 1. The molecule has 1 amide bonds. The van der Waals surface area contributed by atoms with Crippen molar-refractivity contribution in [1.82, 2.24) is 4.98 Å². The molecule has 3 rings (SSSR count). The standard InChI is InChI=1S/C22H21F2N5O2/c1-12(2)16-6-13(10-25)11-27-19(16)20(30)28-14-4-5-18(24)17(7-14)22(3)8-15(9-23)31-21(26)29-22/h4-8,11-12H,9H2,1-3H3,(H2,26,29)(H,28,30)/t22-/m0/s1. The zero-order valence-corrected chi connectivity index (χ0v) is 17.2. The molecule has 0 fully saturated rings. The van der Waals surface area contributed by atoms with Crippen molar-refractivity contribution in [3.05, 3.63) is 70.5 Å². The molecule has 2 aromatic rings. The minimum atomic E-state index is -1.32. The molecule has 0 spiro atoms. The van der Waals surface area contributed by atoms with E-state index < -0.39 is 23.9 Å². The van der Waals surface area contributed by atoms with Crippen molar-refractivity contribution >= 4 is 17.6 Å². The summed E-state index contributed by atoms with van der Waals surface area (Å²) in [4.78, 5) is 21.1. The normalized spacial score (nSPS) is 18.0. The lowest BCUT2D eigenvalue weighted by atomic mass is 9.90. The van der Waals surface area contributed by atoms with Gasteiger partial charge in [-0.3, -0.25) is 4.79 Å². The maximum absolute atomic E-state index is 14.6. The average Bonchev–Trinajstić information content (AvgIpc) is 2.73. The molecular weight excluding hydrogens is 404 g/mol. The number of amides is 1. The molecule has 1 aromatic carbocycles. The van der Waals surface area contributed by atoms with Crippen molar-refractivity contribution in [1.29, 1.82) is 5.26 Å². The number of nitriles is 1. The van der Waals surface area contributed by atoms with E-state index in [1.165, 1.54) is 30.5 Å². The molecule has 0 bridgehead atoms. The van der Waals surface area contributed by atoms with Gasteiger partial charge in [-0.2, -0.15) is 5.26 Å². The maximum Gasteiger partial charge on any atom is 0.288 e. The molecule has 31 heavy (non-hydrogen) atoms. The Bertz CT molecular complexity index is 1140. The Morgan fingerprint density at radius 3 is 2.77 bits per heavy atom. The number of benzene rings is 1. The summed E-state index contributed by atoms with van der Waals surface area (Å²) in [6, 6.07) is 7.31. The van der Waals surface area contributed by atoms with Crippen LogP contribution in [0.1, 0.15) is 53.9 Å². The van der Waals surface area contributed by atoms with Gasteiger partial charge in [0.15, 0.2) is 0 Å². The van der Waals surface area contributed by atoms with Crippen LogP contribution in [0.25, 0.3) is 0 Å². The van der Waals surface area contributed by atoms with Gasteiger partial charge in [-0.25, -0.2) is 18.8 Å². The molecule has 1 aliphatic rings. The second-order valence-corrected chi connectivity index (χ2v) is 7.52. The second-order valence-electron chi connectivity index (χ2n) is 7.52. The number of nitrogens with zero attached hydrogens (tertiary/aromatic N) is 3. The highest BCUT2D eigenvalue weighted by Gasteiger charge is 2.32. The third kappa shape index (κ3) is 4.53. The lowest BCUT2D eigenvalue weighted by Crippen LogP contribution is -2.31. The van der Waals surface area contributed by atoms with E-state index in [0.29, 0.717) is 16.8 Å². The minimum Gasteiger partial charge on any atom is -0.428 e. The number of alkyl halides is 1. The van der Waals surface area contributed by atoms with E-state index in [-0.39, 0.29) is 29.0 Å². The number of ether oxygens (including phenoxy) is 1. The van der Waals surface area contributed by atoms with Gasteiger partial charge >= 0.3 is 0 Å². The molecule has 9 heteroatoms. The van der Waals surface area contributed by atoms with Gasteiger partial charge in [0.1, 0.15) is 35.6 Å². The number of rotatable bonds is 5. The monoisotopic (exact) mass is 425 g/mol. The molecule has 1 aliphatic heterocycles. The fourth-order valence-corrected chi connectivity index (χ4v) is 3.32. The van der Waals surface area contributed by atoms with Crippen molar-refractivity contribution in [2.75, 3.05) is 12.0 Å². The van der Waals surface area contributed by atoms with Crippen LogP contribution in [0.15, 0.2) is 47.3 Å². The summed E-state index contributed by atoms with van der Waals surface area (Å²) in [6.07, 6.45) is 2.66. The number of carbonyl (C=O) groups is 1. The number of aromatic nitrogens is 1. The fourth-order valence-electron chi connectivity index (χ4n) is 3.32. The van der Waals surface area contributed by atoms with Gasteiger partial charge in [0.05, 0.1) is 5.56 Å².